The number of aryl methyl sites for hydroxylation is 1. The second kappa shape index (κ2) is 8.56. The van der Waals surface area contributed by atoms with Crippen molar-refractivity contribution in [1.82, 2.24) is 0 Å². The topological polar surface area (TPSA) is 29.5 Å². The Morgan fingerprint density at radius 1 is 1.15 bits per heavy atom. The van der Waals surface area contributed by atoms with Crippen LogP contribution in [-0.2, 0) is 4.79 Å². The van der Waals surface area contributed by atoms with E-state index in [4.69, 9.17) is 4.74 Å². The van der Waals surface area contributed by atoms with Crippen molar-refractivity contribution in [2.75, 3.05) is 12.0 Å². The van der Waals surface area contributed by atoms with Gasteiger partial charge < -0.3 is 4.74 Å². The minimum atomic E-state index is -1.65. The van der Waals surface area contributed by atoms with Crippen molar-refractivity contribution >= 4 is 53.1 Å². The molecule has 2 rings (SSSR count). The van der Waals surface area contributed by atoms with Crippen LogP contribution in [-0.4, -0.2) is 21.1 Å². The number of hydrogen-bond donors (Lipinski definition) is 0. The fourth-order valence-corrected chi connectivity index (χ4v) is 5.88. The number of benzene rings is 2. The summed E-state index contributed by atoms with van der Waals surface area (Å²) in [6.07, 6.45) is 1.36. The summed E-state index contributed by atoms with van der Waals surface area (Å²) in [7, 11) is 0.00769. The average Bonchev–Trinajstić information content (AvgIpc) is 2.56. The number of amides is 1. The van der Waals surface area contributed by atoms with Gasteiger partial charge in [-0.1, -0.05) is 38.2 Å². The molecule has 0 radical (unpaired) electrons. The van der Waals surface area contributed by atoms with Gasteiger partial charge in [0, 0.05) is 15.7 Å². The number of methoxy groups -OCH3 is 1. The third-order valence-electron chi connectivity index (χ3n) is 4.28. The van der Waals surface area contributed by atoms with E-state index in [1.54, 1.807) is 7.11 Å². The molecule has 0 aliphatic carbocycles. The lowest BCUT2D eigenvalue weighted by atomic mass is 10.1. The Bertz CT molecular complexity index is 782. The zero-order valence-corrected chi connectivity index (χ0v) is 19.7. The van der Waals surface area contributed by atoms with Crippen LogP contribution in [0.3, 0.4) is 0 Å². The van der Waals surface area contributed by atoms with Gasteiger partial charge in [-0.3, -0.25) is 9.69 Å². The van der Waals surface area contributed by atoms with Crippen LogP contribution in [0.15, 0.2) is 36.4 Å². The molecule has 140 valence electrons. The Morgan fingerprint density at radius 2 is 1.77 bits per heavy atom. The van der Waals surface area contributed by atoms with E-state index < -0.39 is 8.07 Å². The van der Waals surface area contributed by atoms with Crippen molar-refractivity contribution in [2.24, 2.45) is 0 Å². The molecular weight excluding hydrogens is 453 g/mol. The first kappa shape index (κ1) is 21.0. The quantitative estimate of drug-likeness (QED) is 0.396. The average molecular weight is 481 g/mol. The first-order valence-corrected chi connectivity index (χ1v) is 13.5. The molecule has 0 saturated heterocycles. The Kier molecular flexibility index (Phi) is 6.90. The van der Waals surface area contributed by atoms with Gasteiger partial charge >= 0.3 is 0 Å². The highest BCUT2D eigenvalue weighted by atomic mass is 127. The Balaban J connectivity index is 2.71. The SMILES string of the molecule is CCCC(=O)N(c1ccc(OC)cc1)c1c(I)cc(C)cc1[Si](C)(C)C. The highest BCUT2D eigenvalue weighted by molar-refractivity contribution is 14.1. The minimum Gasteiger partial charge on any atom is -0.497 e. The molecule has 0 aromatic heterocycles. The Hall–Kier alpha value is -1.34. The maximum Gasteiger partial charge on any atom is 0.231 e. The summed E-state index contributed by atoms with van der Waals surface area (Å²) in [6.45, 7) is 11.2. The van der Waals surface area contributed by atoms with Gasteiger partial charge in [0.05, 0.1) is 20.9 Å². The highest BCUT2D eigenvalue weighted by Crippen LogP contribution is 2.33. The predicted octanol–water partition coefficient (Wildman–Crippen LogP) is 5.62. The summed E-state index contributed by atoms with van der Waals surface area (Å²) in [5.41, 5.74) is 3.19. The van der Waals surface area contributed by atoms with Crippen molar-refractivity contribution < 1.29 is 9.53 Å². The molecule has 0 saturated carbocycles. The smallest absolute Gasteiger partial charge is 0.231 e. The van der Waals surface area contributed by atoms with Crippen LogP contribution in [0.5, 0.6) is 5.75 Å². The van der Waals surface area contributed by atoms with Gasteiger partial charge in [-0.15, -0.1) is 0 Å². The molecule has 0 heterocycles. The molecule has 0 atom stereocenters. The molecule has 2 aromatic rings. The number of ether oxygens (including phenoxy) is 1. The van der Waals surface area contributed by atoms with Gasteiger partial charge in [-0.2, -0.15) is 0 Å². The Morgan fingerprint density at radius 3 is 2.27 bits per heavy atom. The molecule has 2 aromatic carbocycles. The van der Waals surface area contributed by atoms with Gasteiger partial charge in [0.2, 0.25) is 5.91 Å². The van der Waals surface area contributed by atoms with Crippen LogP contribution in [0.1, 0.15) is 25.3 Å². The summed E-state index contributed by atoms with van der Waals surface area (Å²) < 4.78 is 6.41. The van der Waals surface area contributed by atoms with Crippen LogP contribution in [0, 0.1) is 10.5 Å². The monoisotopic (exact) mass is 481 g/mol. The van der Waals surface area contributed by atoms with E-state index in [1.165, 1.54) is 10.8 Å². The maximum atomic E-state index is 13.1. The van der Waals surface area contributed by atoms with Crippen molar-refractivity contribution in [3.05, 3.63) is 45.5 Å². The lowest BCUT2D eigenvalue weighted by Crippen LogP contribution is -2.43. The summed E-state index contributed by atoms with van der Waals surface area (Å²) >= 11 is 2.37. The van der Waals surface area contributed by atoms with Crippen LogP contribution in [0.4, 0.5) is 11.4 Å². The molecule has 0 aliphatic heterocycles. The number of anilines is 2. The number of hydrogen-bond acceptors (Lipinski definition) is 2. The second-order valence-electron chi connectivity index (χ2n) is 7.57. The normalized spacial score (nSPS) is 11.3. The third kappa shape index (κ3) is 4.68. The number of rotatable bonds is 6. The van der Waals surface area contributed by atoms with Crippen molar-refractivity contribution in [2.45, 2.75) is 46.3 Å². The largest absolute Gasteiger partial charge is 0.497 e. The van der Waals surface area contributed by atoms with Crippen molar-refractivity contribution in [3.8, 4) is 5.75 Å². The van der Waals surface area contributed by atoms with Crippen LogP contribution in [0.2, 0.25) is 19.6 Å². The summed E-state index contributed by atoms with van der Waals surface area (Å²) in [6, 6.07) is 12.2. The number of carbonyl (C=O) groups excluding carboxylic acids is 1. The van der Waals surface area contributed by atoms with Crippen LogP contribution < -0.4 is 14.8 Å². The van der Waals surface area contributed by atoms with E-state index in [1.807, 2.05) is 36.1 Å². The van der Waals surface area contributed by atoms with Crippen molar-refractivity contribution in [3.63, 3.8) is 0 Å². The van der Waals surface area contributed by atoms with E-state index >= 15 is 0 Å². The lowest BCUT2D eigenvalue weighted by Gasteiger charge is -2.31. The summed E-state index contributed by atoms with van der Waals surface area (Å²) in [4.78, 5) is 15.0. The molecule has 0 fully saturated rings. The second-order valence-corrected chi connectivity index (χ2v) is 13.8. The highest BCUT2D eigenvalue weighted by Gasteiger charge is 2.29. The fraction of sp³-hybridized carbons (Fsp3) is 0.381. The molecule has 0 spiro atoms. The standard InChI is InChI=1S/C21H28INO2Si/c1-7-8-20(24)23(16-9-11-17(25-3)12-10-16)21-18(22)13-15(2)14-19(21)26(4,5)6/h9-14H,7-8H2,1-6H3. The van der Waals surface area contributed by atoms with E-state index in [2.05, 4.69) is 61.3 Å². The first-order chi connectivity index (χ1) is 12.2. The number of halogens is 1. The predicted molar refractivity (Wildman–Crippen MR) is 122 cm³/mol. The molecule has 26 heavy (non-hydrogen) atoms. The molecule has 3 nitrogen and oxygen atoms in total. The fourth-order valence-electron chi connectivity index (χ4n) is 2.99. The summed E-state index contributed by atoms with van der Waals surface area (Å²) in [5, 5.41) is 1.32. The third-order valence-corrected chi connectivity index (χ3v) is 7.10. The van der Waals surface area contributed by atoms with E-state index in [0.717, 1.165) is 27.1 Å². The summed E-state index contributed by atoms with van der Waals surface area (Å²) in [5.74, 6) is 0.930. The van der Waals surface area contributed by atoms with Crippen molar-refractivity contribution in [1.29, 1.82) is 0 Å². The van der Waals surface area contributed by atoms with E-state index in [9.17, 15) is 4.79 Å². The molecule has 0 aliphatic rings. The number of nitrogens with zero attached hydrogens (tertiary/aromatic N) is 1. The maximum absolute atomic E-state index is 13.1. The molecule has 0 N–H and O–H groups in total. The van der Waals surface area contributed by atoms with Crippen LogP contribution >= 0.6 is 22.6 Å². The lowest BCUT2D eigenvalue weighted by molar-refractivity contribution is -0.117. The van der Waals surface area contributed by atoms with Gasteiger partial charge in [0.15, 0.2) is 0 Å². The van der Waals surface area contributed by atoms with Gasteiger partial charge in [0.25, 0.3) is 0 Å². The molecule has 1 amide bonds. The minimum absolute atomic E-state index is 0.138. The molecule has 0 bridgehead atoms. The molecule has 0 unspecified atom stereocenters. The molecule has 5 heteroatoms. The van der Waals surface area contributed by atoms with E-state index in [0.29, 0.717) is 6.42 Å². The van der Waals surface area contributed by atoms with Gasteiger partial charge in [-0.25, -0.2) is 0 Å². The first-order valence-electron chi connectivity index (χ1n) is 8.96. The van der Waals surface area contributed by atoms with Gasteiger partial charge in [-0.05, 0) is 71.5 Å². The zero-order chi connectivity index (χ0) is 19.5. The van der Waals surface area contributed by atoms with Crippen LogP contribution in [0.25, 0.3) is 0 Å². The van der Waals surface area contributed by atoms with Gasteiger partial charge in [0.1, 0.15) is 5.75 Å². The Labute approximate surface area is 171 Å². The zero-order valence-electron chi connectivity index (χ0n) is 16.5. The van der Waals surface area contributed by atoms with E-state index in [-0.39, 0.29) is 5.91 Å². The number of carbonyl (C=O) groups is 1. The molecular formula is C21H28INO2Si.